The Morgan fingerprint density at radius 3 is 2.70 bits per heavy atom. The highest BCUT2D eigenvalue weighted by Gasteiger charge is 1.93. The standard InChI is InChI=1S/C7H17NOS/c1-7(2)6-9-10-5-3-4-8/h7H,3-6,8H2,1-2H3. The van der Waals surface area contributed by atoms with Crippen LogP contribution in [-0.4, -0.2) is 18.9 Å². The van der Waals surface area contributed by atoms with E-state index in [0.717, 1.165) is 25.3 Å². The lowest BCUT2D eigenvalue weighted by Crippen LogP contribution is -2.01. The highest BCUT2D eigenvalue weighted by Crippen LogP contribution is 2.06. The van der Waals surface area contributed by atoms with Crippen LogP contribution in [0.5, 0.6) is 0 Å². The Bertz CT molecular complexity index is 68.6. The van der Waals surface area contributed by atoms with Crippen molar-refractivity contribution in [3.8, 4) is 0 Å². The molecule has 0 aromatic heterocycles. The Labute approximate surface area is 67.7 Å². The summed E-state index contributed by atoms with van der Waals surface area (Å²) in [5.74, 6) is 1.65. The van der Waals surface area contributed by atoms with E-state index in [2.05, 4.69) is 13.8 Å². The van der Waals surface area contributed by atoms with E-state index in [0.29, 0.717) is 5.92 Å². The summed E-state index contributed by atoms with van der Waals surface area (Å²) in [6.45, 7) is 5.89. The Kier molecular flexibility index (Phi) is 7.58. The van der Waals surface area contributed by atoms with Gasteiger partial charge in [-0.15, -0.1) is 0 Å². The Morgan fingerprint density at radius 2 is 2.20 bits per heavy atom. The topological polar surface area (TPSA) is 35.2 Å². The summed E-state index contributed by atoms with van der Waals surface area (Å²) in [5, 5.41) is 0. The van der Waals surface area contributed by atoms with E-state index >= 15 is 0 Å². The Morgan fingerprint density at radius 1 is 1.50 bits per heavy atom. The van der Waals surface area contributed by atoms with E-state index in [4.69, 9.17) is 9.92 Å². The predicted octanol–water partition coefficient (Wildman–Crippen LogP) is 1.66. The molecule has 2 N–H and O–H groups in total. The van der Waals surface area contributed by atoms with Gasteiger partial charge in [0.05, 0.1) is 6.61 Å². The van der Waals surface area contributed by atoms with Gasteiger partial charge in [-0.25, -0.2) is 0 Å². The normalized spacial score (nSPS) is 10.8. The van der Waals surface area contributed by atoms with Crippen LogP contribution >= 0.6 is 12.0 Å². The molecule has 0 aliphatic rings. The fourth-order valence-electron chi connectivity index (χ4n) is 0.385. The molecule has 0 aromatic carbocycles. The van der Waals surface area contributed by atoms with E-state index in [1.54, 1.807) is 0 Å². The Hall–Kier alpha value is 0.270. The van der Waals surface area contributed by atoms with Gasteiger partial charge >= 0.3 is 0 Å². The van der Waals surface area contributed by atoms with E-state index in [-0.39, 0.29) is 0 Å². The van der Waals surface area contributed by atoms with Crippen LogP contribution in [0.4, 0.5) is 0 Å². The largest absolute Gasteiger partial charge is 0.330 e. The first-order valence-electron chi connectivity index (χ1n) is 3.72. The molecule has 0 rings (SSSR count). The van der Waals surface area contributed by atoms with Crippen molar-refractivity contribution < 1.29 is 4.18 Å². The third-order valence-electron chi connectivity index (χ3n) is 0.917. The fourth-order valence-corrected chi connectivity index (χ4v) is 1.16. The molecule has 0 aliphatic carbocycles. The van der Waals surface area contributed by atoms with E-state index in [9.17, 15) is 0 Å². The molecule has 0 saturated carbocycles. The highest BCUT2D eigenvalue weighted by molar-refractivity contribution is 7.94. The molecular weight excluding hydrogens is 146 g/mol. The van der Waals surface area contributed by atoms with Gasteiger partial charge in [-0.05, 0) is 30.9 Å². The summed E-state index contributed by atoms with van der Waals surface area (Å²) in [5.41, 5.74) is 5.30. The molecule has 10 heavy (non-hydrogen) atoms. The molecule has 0 saturated heterocycles. The molecule has 0 bridgehead atoms. The Balaban J connectivity index is 2.77. The van der Waals surface area contributed by atoms with Gasteiger partial charge in [-0.2, -0.15) is 0 Å². The first-order chi connectivity index (χ1) is 4.77. The van der Waals surface area contributed by atoms with Gasteiger partial charge in [0, 0.05) is 5.75 Å². The van der Waals surface area contributed by atoms with Gasteiger partial charge in [-0.3, -0.25) is 0 Å². The van der Waals surface area contributed by atoms with E-state index in [1.165, 1.54) is 12.0 Å². The lowest BCUT2D eigenvalue weighted by Gasteiger charge is -2.03. The molecule has 0 aliphatic heterocycles. The minimum Gasteiger partial charge on any atom is -0.330 e. The van der Waals surface area contributed by atoms with Crippen molar-refractivity contribution in [2.75, 3.05) is 18.9 Å². The molecule has 0 spiro atoms. The number of hydrogen-bond donors (Lipinski definition) is 1. The van der Waals surface area contributed by atoms with Crippen LogP contribution in [0.2, 0.25) is 0 Å². The summed E-state index contributed by atoms with van der Waals surface area (Å²) < 4.78 is 5.26. The van der Waals surface area contributed by atoms with Crippen molar-refractivity contribution in [3.05, 3.63) is 0 Å². The second-order valence-electron chi connectivity index (χ2n) is 2.64. The molecule has 62 valence electrons. The number of nitrogens with two attached hydrogens (primary N) is 1. The van der Waals surface area contributed by atoms with Gasteiger partial charge in [0.25, 0.3) is 0 Å². The molecule has 0 unspecified atom stereocenters. The van der Waals surface area contributed by atoms with Gasteiger partial charge in [0.2, 0.25) is 0 Å². The first-order valence-corrected chi connectivity index (χ1v) is 4.63. The summed E-state index contributed by atoms with van der Waals surface area (Å²) in [6, 6.07) is 0. The zero-order chi connectivity index (χ0) is 7.82. The minimum absolute atomic E-state index is 0.630. The number of hydrogen-bond acceptors (Lipinski definition) is 3. The van der Waals surface area contributed by atoms with Crippen LogP contribution in [0, 0.1) is 5.92 Å². The second kappa shape index (κ2) is 7.38. The predicted molar refractivity (Wildman–Crippen MR) is 46.9 cm³/mol. The molecule has 0 amide bonds. The highest BCUT2D eigenvalue weighted by atomic mass is 32.2. The quantitative estimate of drug-likeness (QED) is 0.478. The number of rotatable bonds is 6. The van der Waals surface area contributed by atoms with Gasteiger partial charge < -0.3 is 9.92 Å². The van der Waals surface area contributed by atoms with Crippen molar-refractivity contribution >= 4 is 12.0 Å². The fraction of sp³-hybridized carbons (Fsp3) is 1.00. The van der Waals surface area contributed by atoms with Gasteiger partial charge in [0.1, 0.15) is 0 Å². The zero-order valence-electron chi connectivity index (χ0n) is 6.80. The first kappa shape index (κ1) is 10.3. The molecule has 0 heterocycles. The third-order valence-corrected chi connectivity index (χ3v) is 1.67. The molecule has 3 heteroatoms. The average molecular weight is 163 g/mol. The van der Waals surface area contributed by atoms with Crippen LogP contribution in [0.1, 0.15) is 20.3 Å². The van der Waals surface area contributed by atoms with Crippen LogP contribution in [-0.2, 0) is 4.18 Å². The molecule has 0 radical (unpaired) electrons. The van der Waals surface area contributed by atoms with Crippen molar-refractivity contribution in [1.29, 1.82) is 0 Å². The summed E-state index contributed by atoms with van der Waals surface area (Å²) in [6.07, 6.45) is 1.04. The molecule has 2 nitrogen and oxygen atoms in total. The maximum Gasteiger partial charge on any atom is 0.0636 e. The second-order valence-corrected chi connectivity index (χ2v) is 3.52. The van der Waals surface area contributed by atoms with E-state index < -0.39 is 0 Å². The maximum absolute atomic E-state index is 5.30. The lowest BCUT2D eigenvalue weighted by molar-refractivity contribution is 0.315. The van der Waals surface area contributed by atoms with Crippen LogP contribution in [0.3, 0.4) is 0 Å². The summed E-state index contributed by atoms with van der Waals surface area (Å²) in [7, 11) is 0. The van der Waals surface area contributed by atoms with Crippen molar-refractivity contribution in [2.24, 2.45) is 11.7 Å². The molecule has 0 fully saturated rings. The average Bonchev–Trinajstić information content (AvgIpc) is 1.87. The van der Waals surface area contributed by atoms with E-state index in [1.807, 2.05) is 0 Å². The van der Waals surface area contributed by atoms with Gasteiger partial charge in [-0.1, -0.05) is 13.8 Å². The molecular formula is C7H17NOS. The maximum atomic E-state index is 5.30. The van der Waals surface area contributed by atoms with Crippen molar-refractivity contribution in [1.82, 2.24) is 0 Å². The third kappa shape index (κ3) is 8.27. The van der Waals surface area contributed by atoms with Crippen LogP contribution in [0.15, 0.2) is 0 Å². The van der Waals surface area contributed by atoms with Crippen molar-refractivity contribution in [3.63, 3.8) is 0 Å². The monoisotopic (exact) mass is 163 g/mol. The van der Waals surface area contributed by atoms with Crippen LogP contribution in [0.25, 0.3) is 0 Å². The SMILES string of the molecule is CC(C)COSCCCN. The van der Waals surface area contributed by atoms with Gasteiger partial charge in [0.15, 0.2) is 0 Å². The lowest BCUT2D eigenvalue weighted by atomic mass is 10.2. The van der Waals surface area contributed by atoms with Crippen LogP contribution < -0.4 is 5.73 Å². The molecule has 0 aromatic rings. The minimum atomic E-state index is 0.630. The smallest absolute Gasteiger partial charge is 0.0636 e. The summed E-state index contributed by atoms with van der Waals surface area (Å²) >= 11 is 1.53. The van der Waals surface area contributed by atoms with Crippen molar-refractivity contribution in [2.45, 2.75) is 20.3 Å². The summed E-state index contributed by atoms with van der Waals surface area (Å²) in [4.78, 5) is 0. The zero-order valence-corrected chi connectivity index (χ0v) is 7.62. The molecule has 0 atom stereocenters.